The number of amidine groups is 1. The lowest BCUT2D eigenvalue weighted by molar-refractivity contribution is 0.594. The monoisotopic (exact) mass is 202 g/mol. The Kier molecular flexibility index (Phi) is 3.90. The maximum Gasteiger partial charge on any atom is 0.0966 e. The normalized spacial score (nSPS) is 30.8. The molecule has 0 aromatic carbocycles. The lowest BCUT2D eigenvalue weighted by Crippen LogP contribution is -2.26. The van der Waals surface area contributed by atoms with Gasteiger partial charge in [-0.2, -0.15) is 0 Å². The van der Waals surface area contributed by atoms with Crippen molar-refractivity contribution in [3.05, 3.63) is 0 Å². The van der Waals surface area contributed by atoms with Crippen molar-refractivity contribution >= 4 is 16.6 Å². The Balaban J connectivity index is 2.46. The second kappa shape index (κ2) is 4.74. The molecule has 4 heteroatoms. The van der Waals surface area contributed by atoms with Gasteiger partial charge in [0.2, 0.25) is 0 Å². The number of nitrogens with zero attached hydrogens (tertiary/aromatic N) is 1. The minimum Gasteiger partial charge on any atom is -0.387 e. The molecule has 0 saturated carbocycles. The molecule has 0 spiro atoms. The average molecular weight is 202 g/mol. The molecule has 1 heterocycles. The van der Waals surface area contributed by atoms with Crippen molar-refractivity contribution in [1.82, 2.24) is 0 Å². The molecule has 13 heavy (non-hydrogen) atoms. The molecule has 1 rings (SSSR count). The average Bonchev–Trinajstić information content (AvgIpc) is 2.08. The van der Waals surface area contributed by atoms with Crippen molar-refractivity contribution in [1.29, 1.82) is 0 Å². The molecule has 0 unspecified atom stereocenters. The molecule has 1 saturated heterocycles. The Labute approximate surface area is 82.3 Å². The van der Waals surface area contributed by atoms with E-state index in [9.17, 15) is 4.21 Å². The molecule has 0 amide bonds. The third-order valence-corrected chi connectivity index (χ3v) is 3.66. The molecule has 0 radical (unpaired) electrons. The van der Waals surface area contributed by atoms with Crippen molar-refractivity contribution in [3.63, 3.8) is 0 Å². The number of hydrogen-bond donors (Lipinski definition) is 1. The number of nitrogens with two attached hydrogens (primary N) is 1. The van der Waals surface area contributed by atoms with Crippen LogP contribution in [0.25, 0.3) is 0 Å². The lowest BCUT2D eigenvalue weighted by Gasteiger charge is -2.18. The van der Waals surface area contributed by atoms with Gasteiger partial charge in [-0.3, -0.25) is 9.20 Å². The van der Waals surface area contributed by atoms with E-state index in [1.54, 1.807) is 0 Å². The third-order valence-electron chi connectivity index (χ3n) is 2.28. The first kappa shape index (κ1) is 10.7. The van der Waals surface area contributed by atoms with Crippen LogP contribution in [0.1, 0.15) is 26.7 Å². The van der Waals surface area contributed by atoms with E-state index in [2.05, 4.69) is 4.99 Å². The van der Waals surface area contributed by atoms with E-state index in [4.69, 9.17) is 5.73 Å². The highest BCUT2D eigenvalue weighted by atomic mass is 32.2. The maximum absolute atomic E-state index is 11.1. The van der Waals surface area contributed by atoms with E-state index < -0.39 is 10.8 Å². The Bertz CT molecular complexity index is 216. The van der Waals surface area contributed by atoms with E-state index in [-0.39, 0.29) is 0 Å². The Morgan fingerprint density at radius 2 is 2.00 bits per heavy atom. The molecule has 1 aliphatic heterocycles. The van der Waals surface area contributed by atoms with Gasteiger partial charge in [0.05, 0.1) is 11.9 Å². The zero-order chi connectivity index (χ0) is 9.84. The Morgan fingerprint density at radius 3 is 2.46 bits per heavy atom. The topological polar surface area (TPSA) is 55.4 Å². The third kappa shape index (κ3) is 3.46. The summed E-state index contributed by atoms with van der Waals surface area (Å²) in [6.07, 6.45) is 1.86. The molecule has 0 aromatic rings. The van der Waals surface area contributed by atoms with Crippen LogP contribution < -0.4 is 5.73 Å². The first-order valence-corrected chi connectivity index (χ1v) is 6.26. The number of rotatable bonds is 2. The summed E-state index contributed by atoms with van der Waals surface area (Å²) in [6.45, 7) is 4.08. The lowest BCUT2D eigenvalue weighted by atomic mass is 10.1. The van der Waals surface area contributed by atoms with Crippen LogP contribution in [0.5, 0.6) is 0 Å². The summed E-state index contributed by atoms with van der Waals surface area (Å²) in [5, 5.41) is 0. The van der Waals surface area contributed by atoms with Crippen LogP contribution in [-0.4, -0.2) is 27.6 Å². The van der Waals surface area contributed by atoms with E-state index in [0.29, 0.717) is 12.0 Å². The summed E-state index contributed by atoms with van der Waals surface area (Å²) in [6, 6.07) is 0.320. The fourth-order valence-electron chi connectivity index (χ4n) is 1.27. The molecular formula is C9H18N2OS. The summed E-state index contributed by atoms with van der Waals surface area (Å²) >= 11 is 0. The molecular weight excluding hydrogens is 184 g/mol. The van der Waals surface area contributed by atoms with E-state index in [0.717, 1.165) is 30.2 Å². The highest BCUT2D eigenvalue weighted by Gasteiger charge is 2.17. The van der Waals surface area contributed by atoms with Crippen LogP contribution >= 0.6 is 0 Å². The first-order valence-electron chi connectivity index (χ1n) is 4.77. The predicted molar refractivity (Wildman–Crippen MR) is 57.4 cm³/mol. The van der Waals surface area contributed by atoms with Gasteiger partial charge in [0, 0.05) is 28.2 Å². The second-order valence-corrected chi connectivity index (χ2v) is 5.48. The van der Waals surface area contributed by atoms with Crippen molar-refractivity contribution in [2.75, 3.05) is 11.5 Å². The van der Waals surface area contributed by atoms with Gasteiger partial charge in [-0.15, -0.1) is 0 Å². The molecule has 0 atom stereocenters. The zero-order valence-corrected chi connectivity index (χ0v) is 9.14. The predicted octanol–water partition coefficient (Wildman–Crippen LogP) is 0.911. The van der Waals surface area contributed by atoms with Gasteiger partial charge in [-0.05, 0) is 12.8 Å². The molecule has 76 valence electrons. The van der Waals surface area contributed by atoms with Gasteiger partial charge in [0.25, 0.3) is 0 Å². The number of hydrogen-bond acceptors (Lipinski definition) is 2. The fraction of sp³-hybridized carbons (Fsp3) is 0.889. The van der Waals surface area contributed by atoms with Crippen LogP contribution in [0.4, 0.5) is 0 Å². The summed E-state index contributed by atoms with van der Waals surface area (Å²) in [4.78, 5) is 4.43. The van der Waals surface area contributed by atoms with Gasteiger partial charge < -0.3 is 5.73 Å². The van der Waals surface area contributed by atoms with E-state index in [1.807, 2.05) is 13.8 Å². The molecule has 0 aliphatic carbocycles. The second-order valence-electron chi connectivity index (χ2n) is 3.79. The Morgan fingerprint density at radius 1 is 1.46 bits per heavy atom. The van der Waals surface area contributed by atoms with Crippen molar-refractivity contribution in [3.8, 4) is 0 Å². The Hall–Kier alpha value is -0.380. The van der Waals surface area contributed by atoms with Gasteiger partial charge in [0.1, 0.15) is 0 Å². The highest BCUT2D eigenvalue weighted by Crippen LogP contribution is 2.13. The van der Waals surface area contributed by atoms with Crippen molar-refractivity contribution in [2.24, 2.45) is 16.6 Å². The quantitative estimate of drug-likeness (QED) is 0.534. The van der Waals surface area contributed by atoms with Gasteiger partial charge in [0.15, 0.2) is 0 Å². The van der Waals surface area contributed by atoms with Crippen molar-refractivity contribution in [2.45, 2.75) is 32.7 Å². The molecule has 2 N–H and O–H groups in total. The van der Waals surface area contributed by atoms with Crippen LogP contribution in [0.2, 0.25) is 0 Å². The molecule has 1 aliphatic rings. The van der Waals surface area contributed by atoms with Gasteiger partial charge in [-0.25, -0.2) is 0 Å². The van der Waals surface area contributed by atoms with E-state index >= 15 is 0 Å². The highest BCUT2D eigenvalue weighted by molar-refractivity contribution is 7.85. The summed E-state index contributed by atoms with van der Waals surface area (Å²) in [7, 11) is -0.597. The zero-order valence-electron chi connectivity index (χ0n) is 8.32. The molecule has 1 fully saturated rings. The molecule has 0 aromatic heterocycles. The van der Waals surface area contributed by atoms with Crippen molar-refractivity contribution < 1.29 is 4.21 Å². The number of aliphatic imine (C=N–C) groups is 1. The molecule has 0 bridgehead atoms. The van der Waals surface area contributed by atoms with Gasteiger partial charge >= 0.3 is 0 Å². The standard InChI is InChI=1S/C9H18N2OS/c1-7(2)9(10)11-8-3-5-13(12)6-4-8/h7-8H,3-6H2,1-2H3,(H2,10,11). The summed E-state index contributed by atoms with van der Waals surface area (Å²) < 4.78 is 11.1. The van der Waals surface area contributed by atoms with Crippen LogP contribution in [0.15, 0.2) is 4.99 Å². The SMILES string of the molecule is CC(C)C(N)=NC1CCS(=O)CC1. The minimum atomic E-state index is -0.597. The molecule has 3 nitrogen and oxygen atoms in total. The summed E-state index contributed by atoms with van der Waals surface area (Å²) in [5.41, 5.74) is 5.76. The summed E-state index contributed by atoms with van der Waals surface area (Å²) in [5.74, 6) is 2.64. The minimum absolute atomic E-state index is 0.320. The van der Waals surface area contributed by atoms with Crippen LogP contribution in [-0.2, 0) is 10.8 Å². The van der Waals surface area contributed by atoms with Crippen LogP contribution in [0, 0.1) is 5.92 Å². The fourth-order valence-corrected chi connectivity index (χ4v) is 2.54. The van der Waals surface area contributed by atoms with Crippen LogP contribution in [0.3, 0.4) is 0 Å². The first-order chi connectivity index (χ1) is 6.09. The maximum atomic E-state index is 11.1. The van der Waals surface area contributed by atoms with Gasteiger partial charge in [-0.1, -0.05) is 13.8 Å². The smallest absolute Gasteiger partial charge is 0.0966 e. The largest absolute Gasteiger partial charge is 0.387 e. The van der Waals surface area contributed by atoms with E-state index in [1.165, 1.54) is 0 Å².